The quantitative estimate of drug-likeness (QED) is 0.399. The van der Waals surface area contributed by atoms with E-state index in [4.69, 9.17) is 25.8 Å². The standard InChI is InChI=1S/C32H36ClN3O5/c1-21-7-5-6-8-27(21)34-13-15-35(16-14-34)32(38)26-20-36(31(37)22-9-11-24(33)12-10-22)19-25(26)23-17-28(39-2)30(41-4)29(18-23)40-3/h5-12,17-18,25-26H,13-16,19-20H2,1-4H3. The number of hydrogen-bond acceptors (Lipinski definition) is 6. The molecule has 0 saturated carbocycles. The third-order valence-electron chi connectivity index (χ3n) is 8.18. The maximum absolute atomic E-state index is 14.1. The summed E-state index contributed by atoms with van der Waals surface area (Å²) in [6.07, 6.45) is 0. The summed E-state index contributed by atoms with van der Waals surface area (Å²) in [5.41, 5.74) is 3.83. The molecule has 9 heteroatoms. The lowest BCUT2D eigenvalue weighted by atomic mass is 9.87. The molecule has 8 nitrogen and oxygen atoms in total. The predicted octanol–water partition coefficient (Wildman–Crippen LogP) is 4.88. The molecule has 2 unspecified atom stereocenters. The fourth-order valence-electron chi connectivity index (χ4n) is 5.97. The predicted molar refractivity (Wildman–Crippen MR) is 160 cm³/mol. The summed E-state index contributed by atoms with van der Waals surface area (Å²) >= 11 is 6.06. The molecular weight excluding hydrogens is 542 g/mol. The molecule has 5 rings (SSSR count). The Morgan fingerprint density at radius 3 is 2.02 bits per heavy atom. The lowest BCUT2D eigenvalue weighted by Gasteiger charge is -2.38. The Bertz CT molecular complexity index is 1380. The van der Waals surface area contributed by atoms with E-state index in [0.717, 1.165) is 18.7 Å². The number of benzene rings is 3. The van der Waals surface area contributed by atoms with Crippen molar-refractivity contribution in [2.45, 2.75) is 12.8 Å². The topological polar surface area (TPSA) is 71.6 Å². The summed E-state index contributed by atoms with van der Waals surface area (Å²) in [4.78, 5) is 33.7. The zero-order chi connectivity index (χ0) is 29.1. The van der Waals surface area contributed by atoms with Crippen molar-refractivity contribution in [3.05, 3.63) is 82.4 Å². The van der Waals surface area contributed by atoms with Crippen LogP contribution >= 0.6 is 11.6 Å². The van der Waals surface area contributed by atoms with E-state index in [9.17, 15) is 9.59 Å². The van der Waals surface area contributed by atoms with Crippen LogP contribution in [0.4, 0.5) is 5.69 Å². The minimum atomic E-state index is -0.418. The van der Waals surface area contributed by atoms with Crippen molar-refractivity contribution in [1.29, 1.82) is 0 Å². The number of anilines is 1. The van der Waals surface area contributed by atoms with Crippen LogP contribution in [-0.2, 0) is 4.79 Å². The van der Waals surface area contributed by atoms with Gasteiger partial charge in [-0.25, -0.2) is 0 Å². The highest BCUT2D eigenvalue weighted by atomic mass is 35.5. The molecule has 2 heterocycles. The van der Waals surface area contributed by atoms with Gasteiger partial charge in [0.25, 0.3) is 5.91 Å². The molecule has 2 aliphatic rings. The molecule has 2 fully saturated rings. The average Bonchev–Trinajstić information content (AvgIpc) is 3.46. The van der Waals surface area contributed by atoms with Crippen LogP contribution in [0.2, 0.25) is 5.02 Å². The number of aryl methyl sites for hydroxylation is 1. The maximum Gasteiger partial charge on any atom is 0.253 e. The Labute approximate surface area is 246 Å². The second-order valence-electron chi connectivity index (χ2n) is 10.5. The van der Waals surface area contributed by atoms with Crippen LogP contribution in [0.5, 0.6) is 17.2 Å². The van der Waals surface area contributed by atoms with Crippen LogP contribution < -0.4 is 19.1 Å². The Hall–Kier alpha value is -3.91. The van der Waals surface area contributed by atoms with E-state index < -0.39 is 5.92 Å². The van der Waals surface area contributed by atoms with E-state index in [1.54, 1.807) is 50.5 Å². The van der Waals surface area contributed by atoms with E-state index in [1.165, 1.54) is 11.3 Å². The third kappa shape index (κ3) is 5.79. The number of likely N-dealkylation sites (tertiary alicyclic amines) is 1. The number of hydrogen-bond donors (Lipinski definition) is 0. The number of piperazine rings is 1. The van der Waals surface area contributed by atoms with Crippen molar-refractivity contribution < 1.29 is 23.8 Å². The number of methoxy groups -OCH3 is 3. The first-order chi connectivity index (χ1) is 19.8. The van der Waals surface area contributed by atoms with E-state index >= 15 is 0 Å². The maximum atomic E-state index is 14.1. The summed E-state index contributed by atoms with van der Waals surface area (Å²) in [6.45, 7) is 5.57. The minimum Gasteiger partial charge on any atom is -0.493 e. The molecule has 0 spiro atoms. The molecule has 2 amide bonds. The van der Waals surface area contributed by atoms with Gasteiger partial charge in [0.15, 0.2) is 11.5 Å². The van der Waals surface area contributed by atoms with Gasteiger partial charge in [0, 0.05) is 61.5 Å². The molecule has 3 aromatic carbocycles. The van der Waals surface area contributed by atoms with Crippen LogP contribution in [0.25, 0.3) is 0 Å². The van der Waals surface area contributed by atoms with Gasteiger partial charge < -0.3 is 28.9 Å². The first-order valence-electron chi connectivity index (χ1n) is 13.8. The summed E-state index contributed by atoms with van der Waals surface area (Å²) in [6, 6.07) is 19.0. The van der Waals surface area contributed by atoms with Gasteiger partial charge in [-0.3, -0.25) is 9.59 Å². The van der Waals surface area contributed by atoms with Gasteiger partial charge >= 0.3 is 0 Å². The molecule has 2 aliphatic heterocycles. The van der Waals surface area contributed by atoms with Gasteiger partial charge in [-0.05, 0) is 60.5 Å². The molecule has 0 bridgehead atoms. The highest BCUT2D eigenvalue weighted by Crippen LogP contribution is 2.44. The number of ether oxygens (including phenoxy) is 3. The Morgan fingerprint density at radius 2 is 1.44 bits per heavy atom. The monoisotopic (exact) mass is 577 g/mol. The number of nitrogens with zero attached hydrogens (tertiary/aromatic N) is 3. The zero-order valence-electron chi connectivity index (χ0n) is 23.9. The number of amides is 2. The fourth-order valence-corrected chi connectivity index (χ4v) is 6.09. The van der Waals surface area contributed by atoms with Crippen molar-refractivity contribution in [2.75, 3.05) is 65.5 Å². The van der Waals surface area contributed by atoms with Crippen LogP contribution in [0.3, 0.4) is 0 Å². The van der Waals surface area contributed by atoms with Crippen LogP contribution in [0.15, 0.2) is 60.7 Å². The summed E-state index contributed by atoms with van der Waals surface area (Å²) in [5, 5.41) is 0.566. The third-order valence-corrected chi connectivity index (χ3v) is 8.43. The van der Waals surface area contributed by atoms with Gasteiger partial charge in [-0.1, -0.05) is 29.8 Å². The molecular formula is C32H36ClN3O5. The highest BCUT2D eigenvalue weighted by Gasteiger charge is 2.43. The number of halogens is 1. The Morgan fingerprint density at radius 1 is 0.805 bits per heavy atom. The summed E-state index contributed by atoms with van der Waals surface area (Å²) in [5.74, 6) is 0.782. The SMILES string of the molecule is COc1cc(C2CN(C(=O)c3ccc(Cl)cc3)CC2C(=O)N2CCN(c3ccccc3C)CC2)cc(OC)c1OC. The largest absolute Gasteiger partial charge is 0.493 e. The molecule has 3 aromatic rings. The Balaban J connectivity index is 1.42. The van der Waals surface area contributed by atoms with Gasteiger partial charge in [-0.2, -0.15) is 0 Å². The first-order valence-corrected chi connectivity index (χ1v) is 14.2. The molecule has 41 heavy (non-hydrogen) atoms. The smallest absolute Gasteiger partial charge is 0.253 e. The number of carbonyl (C=O) groups is 2. The number of rotatable bonds is 7. The van der Waals surface area contributed by atoms with Crippen LogP contribution in [0.1, 0.15) is 27.4 Å². The van der Waals surface area contributed by atoms with Gasteiger partial charge in [-0.15, -0.1) is 0 Å². The second-order valence-corrected chi connectivity index (χ2v) is 10.9. The molecule has 2 saturated heterocycles. The zero-order valence-corrected chi connectivity index (χ0v) is 24.7. The fraction of sp³-hybridized carbons (Fsp3) is 0.375. The van der Waals surface area contributed by atoms with Crippen LogP contribution in [0, 0.1) is 12.8 Å². The van der Waals surface area contributed by atoms with Gasteiger partial charge in [0.05, 0.1) is 27.2 Å². The molecule has 0 radical (unpaired) electrons. The number of para-hydroxylation sites is 1. The lowest BCUT2D eigenvalue weighted by Crippen LogP contribution is -2.51. The van der Waals surface area contributed by atoms with Crippen molar-refractivity contribution in [3.63, 3.8) is 0 Å². The van der Waals surface area contributed by atoms with Crippen molar-refractivity contribution >= 4 is 29.1 Å². The minimum absolute atomic E-state index is 0.0552. The van der Waals surface area contributed by atoms with E-state index in [0.29, 0.717) is 54.0 Å². The molecule has 216 valence electrons. The van der Waals surface area contributed by atoms with Crippen molar-refractivity contribution in [3.8, 4) is 17.2 Å². The molecule has 0 N–H and O–H groups in total. The van der Waals surface area contributed by atoms with Gasteiger partial charge in [0.2, 0.25) is 11.7 Å². The molecule has 2 atom stereocenters. The molecule has 0 aliphatic carbocycles. The molecule has 0 aromatic heterocycles. The number of carbonyl (C=O) groups excluding carboxylic acids is 2. The van der Waals surface area contributed by atoms with Gasteiger partial charge in [0.1, 0.15) is 0 Å². The average molecular weight is 578 g/mol. The van der Waals surface area contributed by atoms with E-state index in [-0.39, 0.29) is 17.7 Å². The summed E-state index contributed by atoms with van der Waals surface area (Å²) in [7, 11) is 4.70. The van der Waals surface area contributed by atoms with E-state index in [1.807, 2.05) is 29.2 Å². The van der Waals surface area contributed by atoms with E-state index in [2.05, 4.69) is 24.0 Å². The lowest BCUT2D eigenvalue weighted by molar-refractivity contribution is -0.135. The van der Waals surface area contributed by atoms with Crippen molar-refractivity contribution in [1.82, 2.24) is 9.80 Å². The highest BCUT2D eigenvalue weighted by molar-refractivity contribution is 6.30. The van der Waals surface area contributed by atoms with Crippen molar-refractivity contribution in [2.24, 2.45) is 5.92 Å². The normalized spacial score (nSPS) is 18.8. The first kappa shape index (κ1) is 28.6. The Kier molecular flexibility index (Phi) is 8.59. The van der Waals surface area contributed by atoms with Crippen LogP contribution in [-0.4, -0.2) is 82.2 Å². The second kappa shape index (κ2) is 12.3. The summed E-state index contributed by atoms with van der Waals surface area (Å²) < 4.78 is 16.7.